The molecule has 1 fully saturated rings. The van der Waals surface area contributed by atoms with Crippen LogP contribution in [0.5, 0.6) is 0 Å². The maximum Gasteiger partial charge on any atom is 0.287 e. The average molecular weight is 493 g/mol. The van der Waals surface area contributed by atoms with Gasteiger partial charge in [0.15, 0.2) is 5.76 Å². The molecule has 9 heteroatoms. The van der Waals surface area contributed by atoms with E-state index in [1.54, 1.807) is 42.7 Å². The number of benzene rings is 1. The van der Waals surface area contributed by atoms with Gasteiger partial charge in [-0.05, 0) is 60.4 Å². The van der Waals surface area contributed by atoms with Crippen LogP contribution >= 0.6 is 0 Å². The van der Waals surface area contributed by atoms with Gasteiger partial charge in [0.1, 0.15) is 11.9 Å². The molecule has 0 radical (unpaired) electrons. The van der Waals surface area contributed by atoms with Gasteiger partial charge in [0.2, 0.25) is 11.8 Å². The Kier molecular flexibility index (Phi) is 8.44. The van der Waals surface area contributed by atoms with Crippen molar-refractivity contribution in [3.63, 3.8) is 0 Å². The molecule has 4 rings (SSSR count). The lowest BCUT2D eigenvalue weighted by Crippen LogP contribution is -2.49. The van der Waals surface area contributed by atoms with E-state index in [1.165, 1.54) is 29.4 Å². The summed E-state index contributed by atoms with van der Waals surface area (Å²) in [6.07, 6.45) is 9.51. The van der Waals surface area contributed by atoms with E-state index in [4.69, 9.17) is 4.42 Å². The maximum absolute atomic E-state index is 13.6. The van der Waals surface area contributed by atoms with Gasteiger partial charge in [0, 0.05) is 25.0 Å². The lowest BCUT2D eigenvalue weighted by atomic mass is 9.94. The first-order valence-corrected chi connectivity index (χ1v) is 12.1. The highest BCUT2D eigenvalue weighted by Gasteiger charge is 2.33. The zero-order valence-electron chi connectivity index (χ0n) is 19.9. The molecular weight excluding hydrogens is 463 g/mol. The molecule has 0 saturated heterocycles. The molecule has 2 N–H and O–H groups in total. The normalized spacial score (nSPS) is 14.6. The second kappa shape index (κ2) is 12.1. The number of rotatable bonds is 9. The first-order valence-electron chi connectivity index (χ1n) is 12.1. The van der Waals surface area contributed by atoms with Gasteiger partial charge in [-0.3, -0.25) is 19.4 Å². The number of hydrogen-bond acceptors (Lipinski definition) is 5. The molecule has 1 aromatic carbocycles. The summed E-state index contributed by atoms with van der Waals surface area (Å²) in [7, 11) is 0. The van der Waals surface area contributed by atoms with E-state index in [0.717, 1.165) is 32.1 Å². The number of carbonyl (C=O) groups is 3. The molecule has 0 unspecified atom stereocenters. The topological polar surface area (TPSA) is 105 Å². The summed E-state index contributed by atoms with van der Waals surface area (Å²) in [6.45, 7) is -0.306. The summed E-state index contributed by atoms with van der Waals surface area (Å²) in [4.78, 5) is 45.0. The Morgan fingerprint density at radius 1 is 1.03 bits per heavy atom. The Morgan fingerprint density at radius 3 is 2.42 bits per heavy atom. The molecule has 0 aliphatic heterocycles. The quantitative estimate of drug-likeness (QED) is 0.473. The fourth-order valence-electron chi connectivity index (χ4n) is 4.41. The van der Waals surface area contributed by atoms with Crippen LogP contribution in [0.4, 0.5) is 4.39 Å². The van der Waals surface area contributed by atoms with Gasteiger partial charge in [-0.25, -0.2) is 4.39 Å². The Labute approximate surface area is 208 Å². The van der Waals surface area contributed by atoms with Crippen LogP contribution in [0, 0.1) is 5.82 Å². The largest absolute Gasteiger partial charge is 0.459 e. The second-order valence-electron chi connectivity index (χ2n) is 8.83. The molecule has 0 spiro atoms. The highest BCUT2D eigenvalue weighted by atomic mass is 19.1. The minimum Gasteiger partial charge on any atom is -0.459 e. The van der Waals surface area contributed by atoms with Crippen molar-refractivity contribution in [2.75, 3.05) is 6.54 Å². The predicted molar refractivity (Wildman–Crippen MR) is 130 cm³/mol. The first kappa shape index (κ1) is 25.1. The third-order valence-electron chi connectivity index (χ3n) is 6.27. The first-order chi connectivity index (χ1) is 17.5. The van der Waals surface area contributed by atoms with E-state index in [0.29, 0.717) is 11.1 Å². The van der Waals surface area contributed by atoms with Gasteiger partial charge >= 0.3 is 0 Å². The third kappa shape index (κ3) is 6.56. The number of nitrogens with one attached hydrogen (secondary N) is 2. The van der Waals surface area contributed by atoms with E-state index in [1.807, 2.05) is 0 Å². The van der Waals surface area contributed by atoms with Crippen LogP contribution in [0.25, 0.3) is 0 Å². The molecule has 8 nitrogen and oxygen atoms in total. The fourth-order valence-corrected chi connectivity index (χ4v) is 4.41. The van der Waals surface area contributed by atoms with E-state index in [2.05, 4.69) is 15.6 Å². The molecule has 36 heavy (non-hydrogen) atoms. The van der Waals surface area contributed by atoms with Crippen LogP contribution in [0.15, 0.2) is 71.6 Å². The van der Waals surface area contributed by atoms with Crippen molar-refractivity contribution in [3.05, 3.63) is 89.9 Å². The minimum absolute atomic E-state index is 0.0389. The summed E-state index contributed by atoms with van der Waals surface area (Å²) in [5.41, 5.74) is 1.23. The molecule has 0 bridgehead atoms. The number of nitrogens with zero attached hydrogens (tertiary/aromatic N) is 2. The van der Waals surface area contributed by atoms with Crippen molar-refractivity contribution in [3.8, 4) is 0 Å². The average Bonchev–Trinajstić information content (AvgIpc) is 3.44. The highest BCUT2D eigenvalue weighted by molar-refractivity contribution is 5.95. The van der Waals surface area contributed by atoms with Crippen molar-refractivity contribution < 1.29 is 23.2 Å². The number of aromatic nitrogens is 1. The van der Waals surface area contributed by atoms with Gasteiger partial charge < -0.3 is 20.0 Å². The Hall–Kier alpha value is -4.01. The van der Waals surface area contributed by atoms with Crippen molar-refractivity contribution in [2.24, 2.45) is 0 Å². The molecule has 188 valence electrons. The molecule has 3 amide bonds. The van der Waals surface area contributed by atoms with Crippen LogP contribution in [0.1, 0.15) is 59.8 Å². The summed E-state index contributed by atoms with van der Waals surface area (Å²) in [5.74, 6) is -1.64. The summed E-state index contributed by atoms with van der Waals surface area (Å²) in [6, 6.07) is 11.3. The van der Waals surface area contributed by atoms with Crippen LogP contribution < -0.4 is 10.6 Å². The maximum atomic E-state index is 13.6. The zero-order valence-corrected chi connectivity index (χ0v) is 19.9. The van der Waals surface area contributed by atoms with Crippen LogP contribution in [0.3, 0.4) is 0 Å². The molecule has 3 aromatic rings. The molecule has 1 saturated carbocycles. The summed E-state index contributed by atoms with van der Waals surface area (Å²) in [5, 5.41) is 5.68. The predicted octanol–water partition coefficient (Wildman–Crippen LogP) is 3.76. The second-order valence-corrected chi connectivity index (χ2v) is 8.83. The molecule has 2 heterocycles. The van der Waals surface area contributed by atoms with Gasteiger partial charge in [-0.15, -0.1) is 0 Å². The standard InChI is InChI=1S/C27H29FN4O4/c28-21-10-8-19(9-11-21)18-32(24(33)17-30-26(34)23-7-4-16-36-23)25(20-12-14-29-15-13-20)27(35)31-22-5-2-1-3-6-22/h4,7-16,22,25H,1-3,5-6,17-18H2,(H,30,34)(H,31,35)/t25-/m1/s1. The van der Waals surface area contributed by atoms with Gasteiger partial charge in [-0.2, -0.15) is 0 Å². The SMILES string of the molecule is O=C(NCC(=O)N(Cc1ccc(F)cc1)[C@@H](C(=O)NC1CCCCC1)c1ccncc1)c1ccco1. The highest BCUT2D eigenvalue weighted by Crippen LogP contribution is 2.25. The van der Waals surface area contributed by atoms with Crippen molar-refractivity contribution in [2.45, 2.75) is 50.7 Å². The van der Waals surface area contributed by atoms with E-state index < -0.39 is 23.7 Å². The number of hydrogen-bond donors (Lipinski definition) is 2. The van der Waals surface area contributed by atoms with Gasteiger partial charge in [0.05, 0.1) is 12.8 Å². The van der Waals surface area contributed by atoms with Crippen LogP contribution in [-0.2, 0) is 16.1 Å². The van der Waals surface area contributed by atoms with E-state index >= 15 is 0 Å². The molecule has 1 atom stereocenters. The van der Waals surface area contributed by atoms with Crippen molar-refractivity contribution >= 4 is 17.7 Å². The smallest absolute Gasteiger partial charge is 0.287 e. The Morgan fingerprint density at radius 2 is 1.75 bits per heavy atom. The lowest BCUT2D eigenvalue weighted by molar-refractivity contribution is -0.141. The molecular formula is C27H29FN4O4. The summed E-state index contributed by atoms with van der Waals surface area (Å²) < 4.78 is 18.6. The Balaban J connectivity index is 1.61. The molecule has 1 aliphatic rings. The van der Waals surface area contributed by atoms with Crippen molar-refractivity contribution in [1.82, 2.24) is 20.5 Å². The zero-order chi connectivity index (χ0) is 25.3. The third-order valence-corrected chi connectivity index (χ3v) is 6.27. The minimum atomic E-state index is -0.965. The fraction of sp³-hybridized carbons (Fsp3) is 0.333. The number of amides is 3. The van der Waals surface area contributed by atoms with E-state index in [-0.39, 0.29) is 30.8 Å². The van der Waals surface area contributed by atoms with Crippen molar-refractivity contribution in [1.29, 1.82) is 0 Å². The number of carbonyl (C=O) groups excluding carboxylic acids is 3. The van der Waals surface area contributed by atoms with Gasteiger partial charge in [0.25, 0.3) is 5.91 Å². The van der Waals surface area contributed by atoms with Crippen LogP contribution in [0.2, 0.25) is 0 Å². The van der Waals surface area contributed by atoms with Gasteiger partial charge in [-0.1, -0.05) is 31.4 Å². The van der Waals surface area contributed by atoms with E-state index in [9.17, 15) is 18.8 Å². The molecule has 2 aromatic heterocycles. The molecule has 1 aliphatic carbocycles. The van der Waals surface area contributed by atoms with Crippen LogP contribution in [-0.4, -0.2) is 40.2 Å². The number of pyridine rings is 1. The summed E-state index contributed by atoms with van der Waals surface area (Å²) >= 11 is 0. The Bertz CT molecular complexity index is 1150. The number of halogens is 1. The number of furan rings is 1. The monoisotopic (exact) mass is 492 g/mol. The lowest BCUT2D eigenvalue weighted by Gasteiger charge is -2.33.